The Morgan fingerprint density at radius 2 is 1.71 bits per heavy atom. The van der Waals surface area contributed by atoms with Crippen molar-refractivity contribution in [1.29, 1.82) is 0 Å². The summed E-state index contributed by atoms with van der Waals surface area (Å²) in [5.74, 6) is -2.34. The molecule has 5 rings (SSSR count). The molecule has 1 atom stereocenters. The number of halogens is 6. The number of pyridine rings is 1. The molecule has 2 aromatic heterocycles. The van der Waals surface area contributed by atoms with Gasteiger partial charge in [0.2, 0.25) is 5.95 Å². The molecule has 0 aliphatic carbocycles. The summed E-state index contributed by atoms with van der Waals surface area (Å²) in [6.07, 6.45) is -9.32. The summed E-state index contributed by atoms with van der Waals surface area (Å²) in [6, 6.07) is 9.44. The zero-order valence-corrected chi connectivity index (χ0v) is 22.1. The number of alkyl halides is 6. The molecule has 0 spiro atoms. The number of rotatable bonds is 6. The van der Waals surface area contributed by atoms with Gasteiger partial charge in [-0.2, -0.15) is 26.3 Å². The second-order valence-corrected chi connectivity index (χ2v) is 10.3. The highest BCUT2D eigenvalue weighted by atomic mass is 19.4. The maximum absolute atomic E-state index is 14.5. The van der Waals surface area contributed by atoms with Gasteiger partial charge in [0.15, 0.2) is 6.04 Å². The van der Waals surface area contributed by atoms with Gasteiger partial charge in [0.1, 0.15) is 11.4 Å². The van der Waals surface area contributed by atoms with E-state index in [2.05, 4.69) is 9.97 Å². The number of carbonyl (C=O) groups is 1. The first-order valence-corrected chi connectivity index (χ1v) is 12.5. The monoisotopic (exact) mass is 591 g/mol. The average Bonchev–Trinajstić information content (AvgIpc) is 2.91. The van der Waals surface area contributed by atoms with Crippen molar-refractivity contribution in [3.63, 3.8) is 0 Å². The smallest absolute Gasteiger partial charge is 0.416 e. The van der Waals surface area contributed by atoms with E-state index in [1.54, 1.807) is 4.90 Å². The maximum Gasteiger partial charge on any atom is 0.416 e. The Balaban J connectivity index is 1.69. The quantitative estimate of drug-likeness (QED) is 0.284. The molecular weight excluding hydrogens is 568 g/mol. The molecule has 3 heterocycles. The number of fused-ring (bicyclic) bond motifs is 1. The highest BCUT2D eigenvalue weighted by Crippen LogP contribution is 2.42. The summed E-state index contributed by atoms with van der Waals surface area (Å²) in [5, 5.41) is 10.7. The van der Waals surface area contributed by atoms with Crippen LogP contribution in [0.15, 0.2) is 65.6 Å². The Morgan fingerprint density at radius 1 is 1.05 bits per heavy atom. The van der Waals surface area contributed by atoms with Crippen LogP contribution < -0.4 is 15.8 Å². The lowest BCUT2D eigenvalue weighted by molar-refractivity contribution is -0.145. The molecule has 0 bridgehead atoms. The number of carboxylic acid groups (broad SMARTS) is 1. The molecule has 0 amide bonds. The minimum Gasteiger partial charge on any atom is -0.478 e. The van der Waals surface area contributed by atoms with E-state index < -0.39 is 63.3 Å². The first-order valence-electron chi connectivity index (χ1n) is 12.5. The molecule has 2 N–H and O–H groups in total. The predicted molar refractivity (Wildman–Crippen MR) is 142 cm³/mol. The minimum absolute atomic E-state index is 0.0214. The van der Waals surface area contributed by atoms with Crippen LogP contribution in [-0.2, 0) is 18.6 Å². The molecule has 4 aromatic rings. The summed E-state index contributed by atoms with van der Waals surface area (Å²) >= 11 is 0. The number of aromatic carboxylic acids is 1. The lowest BCUT2D eigenvalue weighted by Crippen LogP contribution is -2.59. The van der Waals surface area contributed by atoms with Gasteiger partial charge in [-0.15, -0.1) is 0 Å². The number of aromatic nitrogens is 3. The van der Waals surface area contributed by atoms with Crippen molar-refractivity contribution in [2.45, 2.75) is 30.7 Å². The number of nitrogens with one attached hydrogen (secondary N) is 1. The van der Waals surface area contributed by atoms with Crippen molar-refractivity contribution >= 4 is 28.6 Å². The molecule has 8 nitrogen and oxygen atoms in total. The molecule has 2 aromatic carbocycles. The third kappa shape index (κ3) is 5.12. The van der Waals surface area contributed by atoms with Crippen LogP contribution in [0.4, 0.5) is 38.1 Å². The Labute approximate surface area is 234 Å². The van der Waals surface area contributed by atoms with Crippen LogP contribution in [0.1, 0.15) is 40.0 Å². The first-order chi connectivity index (χ1) is 19.6. The Bertz CT molecular complexity index is 1730. The van der Waals surface area contributed by atoms with Gasteiger partial charge in [0, 0.05) is 37.3 Å². The third-order valence-electron chi connectivity index (χ3n) is 7.30. The summed E-state index contributed by atoms with van der Waals surface area (Å²) in [6.45, 7) is 2.65. The van der Waals surface area contributed by atoms with E-state index >= 15 is 0 Å². The minimum atomic E-state index is -5.25. The highest BCUT2D eigenvalue weighted by Gasteiger charge is 2.46. The second-order valence-electron chi connectivity index (χ2n) is 10.3. The number of nitrogens with zero attached hydrogens (tertiary/aromatic N) is 4. The van der Waals surface area contributed by atoms with Crippen LogP contribution in [-0.4, -0.2) is 44.9 Å². The first kappa shape index (κ1) is 28.9. The van der Waals surface area contributed by atoms with Crippen molar-refractivity contribution in [2.24, 2.45) is 7.05 Å². The lowest BCUT2D eigenvalue weighted by atomic mass is 9.76. The van der Waals surface area contributed by atoms with E-state index in [0.717, 1.165) is 22.4 Å². The number of anilines is 2. The van der Waals surface area contributed by atoms with Gasteiger partial charge in [0.05, 0.1) is 16.5 Å². The molecular formula is C28H23F6N5O3. The molecule has 1 saturated heterocycles. The van der Waals surface area contributed by atoms with Crippen LogP contribution in [0.5, 0.6) is 0 Å². The van der Waals surface area contributed by atoms with E-state index in [9.17, 15) is 41.0 Å². The molecule has 0 saturated carbocycles. The molecule has 220 valence electrons. The number of hydrogen-bond donors (Lipinski definition) is 2. The lowest BCUT2D eigenvalue weighted by Gasteiger charge is -2.49. The predicted octanol–water partition coefficient (Wildman–Crippen LogP) is 5.54. The van der Waals surface area contributed by atoms with Crippen molar-refractivity contribution < 1.29 is 36.2 Å². The third-order valence-corrected chi connectivity index (χ3v) is 7.30. The van der Waals surface area contributed by atoms with E-state index in [-0.39, 0.29) is 17.4 Å². The van der Waals surface area contributed by atoms with Gasteiger partial charge in [-0.1, -0.05) is 37.3 Å². The average molecular weight is 592 g/mol. The fourth-order valence-corrected chi connectivity index (χ4v) is 5.18. The van der Waals surface area contributed by atoms with E-state index in [1.165, 1.54) is 13.1 Å². The second kappa shape index (κ2) is 10.0. The number of carboxylic acids is 1. The van der Waals surface area contributed by atoms with Crippen molar-refractivity contribution in [2.75, 3.05) is 23.3 Å². The molecule has 1 fully saturated rings. The summed E-state index contributed by atoms with van der Waals surface area (Å²) in [5.41, 5.74) is -4.06. The Hall–Kier alpha value is -4.62. The van der Waals surface area contributed by atoms with Gasteiger partial charge >= 0.3 is 18.3 Å². The molecule has 0 unspecified atom stereocenters. The molecule has 14 heteroatoms. The van der Waals surface area contributed by atoms with Gasteiger partial charge in [0.25, 0.3) is 5.56 Å². The number of benzene rings is 2. The van der Waals surface area contributed by atoms with Gasteiger partial charge in [-0.25, -0.2) is 14.8 Å². The number of hydrogen-bond acceptors (Lipinski definition) is 6. The van der Waals surface area contributed by atoms with Crippen molar-refractivity contribution in [3.05, 3.63) is 93.4 Å². The summed E-state index contributed by atoms with van der Waals surface area (Å²) in [4.78, 5) is 34.6. The van der Waals surface area contributed by atoms with Gasteiger partial charge in [-0.3, -0.25) is 9.36 Å². The standard InChI is InChI=1S/C28H23F6N5O3/c1-26(15-7-4-3-5-8-15)13-39(14-26)25-36-20-18(11-16(27(29,30)31)12-19(20)23(40)38(25)2)21(28(32,33)34)37-22-17(24(41)42)9-6-10-35-22/h3-12,21H,13-14H2,1-2H3,(H,35,37)(H,41,42)/t21-/m0/s1. The van der Waals surface area contributed by atoms with Crippen molar-refractivity contribution in [3.8, 4) is 0 Å². The normalized spacial score (nSPS) is 15.8. The van der Waals surface area contributed by atoms with E-state index in [1.807, 2.05) is 42.6 Å². The Morgan fingerprint density at radius 3 is 2.31 bits per heavy atom. The van der Waals surface area contributed by atoms with E-state index in [0.29, 0.717) is 19.2 Å². The maximum atomic E-state index is 14.5. The molecule has 42 heavy (non-hydrogen) atoms. The fourth-order valence-electron chi connectivity index (χ4n) is 5.18. The summed E-state index contributed by atoms with van der Waals surface area (Å²) in [7, 11) is 1.29. The van der Waals surface area contributed by atoms with Crippen LogP contribution in [0.2, 0.25) is 0 Å². The highest BCUT2D eigenvalue weighted by molar-refractivity contribution is 5.93. The fraction of sp³-hybridized carbons (Fsp3) is 0.286. The SMILES string of the molecule is Cn1c(N2CC(C)(c3ccccc3)C2)nc2c([C@H](Nc3ncccc3C(=O)O)C(F)(F)F)cc(C(F)(F)F)cc2c1=O. The van der Waals surface area contributed by atoms with Crippen LogP contribution >= 0.6 is 0 Å². The zero-order valence-electron chi connectivity index (χ0n) is 22.1. The van der Waals surface area contributed by atoms with Crippen molar-refractivity contribution in [1.82, 2.24) is 14.5 Å². The molecule has 0 radical (unpaired) electrons. The van der Waals surface area contributed by atoms with Crippen LogP contribution in [0.3, 0.4) is 0 Å². The molecule has 1 aliphatic heterocycles. The van der Waals surface area contributed by atoms with Crippen LogP contribution in [0.25, 0.3) is 10.9 Å². The zero-order chi connectivity index (χ0) is 30.6. The van der Waals surface area contributed by atoms with Gasteiger partial charge in [-0.05, 0) is 29.8 Å². The topological polar surface area (TPSA) is 100 Å². The van der Waals surface area contributed by atoms with E-state index in [4.69, 9.17) is 0 Å². The molecule has 1 aliphatic rings. The Kier molecular flexibility index (Phi) is 6.90. The van der Waals surface area contributed by atoms with Gasteiger partial charge < -0.3 is 15.3 Å². The van der Waals surface area contributed by atoms with Crippen LogP contribution in [0, 0.1) is 0 Å². The largest absolute Gasteiger partial charge is 0.478 e. The summed E-state index contributed by atoms with van der Waals surface area (Å²) < 4.78 is 86.3.